The molecule has 4 nitrogen and oxygen atoms in total. The van der Waals surface area contributed by atoms with E-state index in [0.29, 0.717) is 0 Å². The van der Waals surface area contributed by atoms with Crippen LogP contribution in [0.25, 0.3) is 0 Å². The summed E-state index contributed by atoms with van der Waals surface area (Å²) in [7, 11) is 3.40. The highest BCUT2D eigenvalue weighted by molar-refractivity contribution is 5.98. The highest BCUT2D eigenvalue weighted by Gasteiger charge is 2.19. The number of aryl methyl sites for hydroxylation is 1. The van der Waals surface area contributed by atoms with Gasteiger partial charge in [0.1, 0.15) is 11.8 Å². The fraction of sp³-hybridized carbons (Fsp3) is 0.278. The van der Waals surface area contributed by atoms with Crippen LogP contribution in [0.2, 0.25) is 0 Å². The highest BCUT2D eigenvalue weighted by atomic mass is 16.5. The number of ether oxygens (including phenoxy) is 1. The van der Waals surface area contributed by atoms with E-state index in [1.807, 2.05) is 62.4 Å². The van der Waals surface area contributed by atoms with Crippen LogP contribution in [0.3, 0.4) is 0 Å². The number of likely N-dealkylation sites (N-methyl/N-ethyl adjacent to an activating group) is 1. The molecule has 0 aliphatic carbocycles. The van der Waals surface area contributed by atoms with Gasteiger partial charge in [-0.15, -0.1) is 0 Å². The summed E-state index contributed by atoms with van der Waals surface area (Å²) in [6.45, 7) is 3.86. The van der Waals surface area contributed by atoms with Crippen molar-refractivity contribution in [2.75, 3.05) is 24.4 Å². The van der Waals surface area contributed by atoms with Crippen LogP contribution in [0, 0.1) is 6.92 Å². The molecule has 0 bridgehead atoms. The number of hydrogen-bond acceptors (Lipinski definition) is 3. The van der Waals surface area contributed by atoms with E-state index in [1.54, 1.807) is 19.1 Å². The summed E-state index contributed by atoms with van der Waals surface area (Å²) in [4.78, 5) is 14.2. The first-order valence-corrected chi connectivity index (χ1v) is 7.26. The van der Waals surface area contributed by atoms with Gasteiger partial charge in [0.05, 0.1) is 12.8 Å². The van der Waals surface area contributed by atoms with Gasteiger partial charge in [0, 0.05) is 12.7 Å². The number of benzene rings is 2. The fourth-order valence-corrected chi connectivity index (χ4v) is 2.30. The number of methoxy groups -OCH3 is 1. The number of anilines is 2. The first kappa shape index (κ1) is 15.9. The van der Waals surface area contributed by atoms with Gasteiger partial charge >= 0.3 is 0 Å². The monoisotopic (exact) mass is 298 g/mol. The molecule has 0 saturated heterocycles. The molecule has 22 heavy (non-hydrogen) atoms. The third-order valence-electron chi connectivity index (χ3n) is 3.57. The second-order valence-corrected chi connectivity index (χ2v) is 5.30. The molecule has 0 aliphatic rings. The molecule has 1 atom stereocenters. The van der Waals surface area contributed by atoms with Crippen LogP contribution in [0.15, 0.2) is 48.5 Å². The van der Waals surface area contributed by atoms with Gasteiger partial charge in [-0.05, 0) is 43.7 Å². The van der Waals surface area contributed by atoms with Gasteiger partial charge in [-0.2, -0.15) is 0 Å². The molecular weight excluding hydrogens is 276 g/mol. The molecule has 1 unspecified atom stereocenters. The molecule has 0 fully saturated rings. The molecule has 0 aliphatic heterocycles. The second-order valence-electron chi connectivity index (χ2n) is 5.30. The standard InChI is InChI=1S/C18H22N2O2/c1-13-10-11-17(22-4)16(12-13)19-14(2)18(21)20(3)15-8-6-5-7-9-15/h5-12,14,19H,1-4H3. The first-order chi connectivity index (χ1) is 10.5. The molecule has 0 radical (unpaired) electrons. The normalized spacial score (nSPS) is 11.6. The number of rotatable bonds is 5. The summed E-state index contributed by atoms with van der Waals surface area (Å²) < 4.78 is 5.34. The van der Waals surface area contributed by atoms with Crippen LogP contribution in [-0.4, -0.2) is 26.1 Å². The first-order valence-electron chi connectivity index (χ1n) is 7.26. The maximum absolute atomic E-state index is 12.6. The number of nitrogens with zero attached hydrogens (tertiary/aromatic N) is 1. The average molecular weight is 298 g/mol. The molecule has 2 aromatic carbocycles. The maximum Gasteiger partial charge on any atom is 0.248 e. The number of para-hydroxylation sites is 1. The van der Waals surface area contributed by atoms with Crippen LogP contribution in [0.1, 0.15) is 12.5 Å². The average Bonchev–Trinajstić information content (AvgIpc) is 2.54. The zero-order chi connectivity index (χ0) is 16.1. The van der Waals surface area contributed by atoms with E-state index in [4.69, 9.17) is 4.74 Å². The lowest BCUT2D eigenvalue weighted by Crippen LogP contribution is -2.39. The van der Waals surface area contributed by atoms with E-state index >= 15 is 0 Å². The Labute approximate surface area is 131 Å². The zero-order valence-electron chi connectivity index (χ0n) is 13.5. The van der Waals surface area contributed by atoms with E-state index in [1.165, 1.54) is 0 Å². The van der Waals surface area contributed by atoms with Crippen molar-refractivity contribution in [3.63, 3.8) is 0 Å². The Morgan fingerprint density at radius 3 is 2.50 bits per heavy atom. The van der Waals surface area contributed by atoms with E-state index in [-0.39, 0.29) is 11.9 Å². The van der Waals surface area contributed by atoms with Gasteiger partial charge in [0.15, 0.2) is 0 Å². The molecule has 0 spiro atoms. The van der Waals surface area contributed by atoms with Crippen molar-refractivity contribution in [2.45, 2.75) is 19.9 Å². The predicted molar refractivity (Wildman–Crippen MR) is 90.7 cm³/mol. The molecule has 1 amide bonds. The molecule has 0 aromatic heterocycles. The Hall–Kier alpha value is -2.49. The summed E-state index contributed by atoms with van der Waals surface area (Å²) in [5, 5.41) is 3.24. The molecular formula is C18H22N2O2. The second kappa shape index (κ2) is 6.98. The van der Waals surface area contributed by atoms with E-state index in [0.717, 1.165) is 22.7 Å². The van der Waals surface area contributed by atoms with Crippen molar-refractivity contribution >= 4 is 17.3 Å². The number of carbonyl (C=O) groups excluding carboxylic acids is 1. The highest BCUT2D eigenvalue weighted by Crippen LogP contribution is 2.26. The smallest absolute Gasteiger partial charge is 0.248 e. The van der Waals surface area contributed by atoms with E-state index in [9.17, 15) is 4.79 Å². The van der Waals surface area contributed by atoms with Gasteiger partial charge in [0.25, 0.3) is 0 Å². The maximum atomic E-state index is 12.6. The van der Waals surface area contributed by atoms with E-state index in [2.05, 4.69) is 5.32 Å². The topological polar surface area (TPSA) is 41.6 Å². The summed E-state index contributed by atoms with van der Waals surface area (Å²) >= 11 is 0. The fourth-order valence-electron chi connectivity index (χ4n) is 2.30. The third kappa shape index (κ3) is 3.58. The lowest BCUT2D eigenvalue weighted by atomic mass is 10.1. The molecule has 2 aromatic rings. The number of nitrogens with one attached hydrogen (secondary N) is 1. The third-order valence-corrected chi connectivity index (χ3v) is 3.57. The largest absolute Gasteiger partial charge is 0.495 e. The minimum atomic E-state index is -0.360. The van der Waals surface area contributed by atoms with Crippen LogP contribution >= 0.6 is 0 Å². The van der Waals surface area contributed by atoms with Gasteiger partial charge in [-0.1, -0.05) is 24.3 Å². The van der Waals surface area contributed by atoms with E-state index < -0.39 is 0 Å². The number of carbonyl (C=O) groups is 1. The number of hydrogen-bond donors (Lipinski definition) is 1. The van der Waals surface area contributed by atoms with Crippen molar-refractivity contribution in [1.82, 2.24) is 0 Å². The Balaban J connectivity index is 2.13. The minimum absolute atomic E-state index is 0.00485. The number of amides is 1. The minimum Gasteiger partial charge on any atom is -0.495 e. The van der Waals surface area contributed by atoms with Gasteiger partial charge in [0.2, 0.25) is 5.91 Å². The Bertz CT molecular complexity index is 641. The quantitative estimate of drug-likeness (QED) is 0.919. The van der Waals surface area contributed by atoms with Crippen LogP contribution in [-0.2, 0) is 4.79 Å². The lowest BCUT2D eigenvalue weighted by Gasteiger charge is -2.23. The summed E-state index contributed by atoms with van der Waals surface area (Å²) in [5.41, 5.74) is 2.81. The lowest BCUT2D eigenvalue weighted by molar-refractivity contribution is -0.118. The van der Waals surface area contributed by atoms with Crippen molar-refractivity contribution in [3.05, 3.63) is 54.1 Å². The van der Waals surface area contributed by atoms with Crippen molar-refractivity contribution < 1.29 is 9.53 Å². The Morgan fingerprint density at radius 2 is 1.86 bits per heavy atom. The summed E-state index contributed by atoms with van der Waals surface area (Å²) in [6.07, 6.45) is 0. The Kier molecular flexibility index (Phi) is 5.04. The van der Waals surface area contributed by atoms with Crippen molar-refractivity contribution in [3.8, 4) is 5.75 Å². The molecule has 116 valence electrons. The molecule has 0 heterocycles. The van der Waals surface area contributed by atoms with Crippen molar-refractivity contribution in [2.24, 2.45) is 0 Å². The molecule has 1 N–H and O–H groups in total. The summed E-state index contributed by atoms with van der Waals surface area (Å²) in [6, 6.07) is 15.1. The van der Waals surface area contributed by atoms with Gasteiger partial charge in [-0.3, -0.25) is 4.79 Å². The van der Waals surface area contributed by atoms with Crippen LogP contribution in [0.5, 0.6) is 5.75 Å². The molecule has 2 rings (SSSR count). The SMILES string of the molecule is COc1ccc(C)cc1NC(C)C(=O)N(C)c1ccccc1. The zero-order valence-corrected chi connectivity index (χ0v) is 13.5. The Morgan fingerprint density at radius 1 is 1.18 bits per heavy atom. The van der Waals surface area contributed by atoms with Gasteiger partial charge in [-0.25, -0.2) is 0 Å². The van der Waals surface area contributed by atoms with Crippen LogP contribution in [0.4, 0.5) is 11.4 Å². The van der Waals surface area contributed by atoms with Crippen molar-refractivity contribution in [1.29, 1.82) is 0 Å². The van der Waals surface area contributed by atoms with Gasteiger partial charge < -0.3 is 15.0 Å². The summed E-state index contributed by atoms with van der Waals surface area (Å²) in [5.74, 6) is 0.724. The molecule has 0 saturated carbocycles. The molecule has 4 heteroatoms. The van der Waals surface area contributed by atoms with Crippen LogP contribution < -0.4 is 15.0 Å². The predicted octanol–water partition coefficient (Wildman–Crippen LogP) is 3.47.